The number of benzene rings is 1. The van der Waals surface area contributed by atoms with Crippen LogP contribution in [0.15, 0.2) is 17.0 Å². The van der Waals surface area contributed by atoms with Crippen molar-refractivity contribution in [1.82, 2.24) is 0 Å². The van der Waals surface area contributed by atoms with Gasteiger partial charge in [-0.25, -0.2) is 17.9 Å². The van der Waals surface area contributed by atoms with Crippen molar-refractivity contribution in [3.63, 3.8) is 0 Å². The Hall–Kier alpha value is -1.25. The van der Waals surface area contributed by atoms with Gasteiger partial charge in [-0.1, -0.05) is 0 Å². The van der Waals surface area contributed by atoms with E-state index in [1.807, 2.05) is 0 Å². The fourth-order valence-electron chi connectivity index (χ4n) is 1.08. The predicted octanol–water partition coefficient (Wildman–Crippen LogP) is 0.637. The molecule has 5 nitrogen and oxygen atoms in total. The van der Waals surface area contributed by atoms with Gasteiger partial charge in [-0.3, -0.25) is 0 Å². The fraction of sp³-hybridized carbons (Fsp3) is 0.333. The summed E-state index contributed by atoms with van der Waals surface area (Å²) in [6.07, 6.45) is 0. The number of nitrogens with two attached hydrogens (primary N) is 1. The van der Waals surface area contributed by atoms with Crippen molar-refractivity contribution in [2.75, 3.05) is 20.3 Å². The van der Waals surface area contributed by atoms with Crippen LogP contribution >= 0.6 is 0 Å². The molecule has 0 fully saturated rings. The maximum Gasteiger partial charge on any atom is 0.241 e. The molecule has 0 bridgehead atoms. The summed E-state index contributed by atoms with van der Waals surface area (Å²) in [7, 11) is -2.87. The maximum absolute atomic E-state index is 13.4. The van der Waals surface area contributed by atoms with Crippen LogP contribution in [0.5, 0.6) is 5.75 Å². The molecule has 0 aliphatic carbocycles. The van der Waals surface area contributed by atoms with Crippen molar-refractivity contribution in [1.29, 1.82) is 0 Å². The lowest BCUT2D eigenvalue weighted by Crippen LogP contribution is -2.15. The summed E-state index contributed by atoms with van der Waals surface area (Å²) in [5.74, 6) is -3.35. The molecule has 0 saturated heterocycles. The first-order chi connectivity index (χ1) is 7.88. The topological polar surface area (TPSA) is 78.6 Å². The van der Waals surface area contributed by atoms with Crippen LogP contribution in [0.25, 0.3) is 0 Å². The van der Waals surface area contributed by atoms with Crippen LogP contribution in [-0.2, 0) is 14.8 Å². The molecule has 0 aromatic heterocycles. The minimum atomic E-state index is -4.29. The Balaban J connectivity index is 3.03. The van der Waals surface area contributed by atoms with Crippen LogP contribution < -0.4 is 9.88 Å². The SMILES string of the molecule is COCCOc1ccc(S(N)(=O)=O)c(F)c1F. The quantitative estimate of drug-likeness (QED) is 0.794. The van der Waals surface area contributed by atoms with Gasteiger partial charge in [0.15, 0.2) is 11.6 Å². The van der Waals surface area contributed by atoms with E-state index >= 15 is 0 Å². The predicted molar refractivity (Wildman–Crippen MR) is 55.1 cm³/mol. The van der Waals surface area contributed by atoms with Crippen LogP contribution in [0, 0.1) is 11.6 Å². The van der Waals surface area contributed by atoms with Gasteiger partial charge in [0.05, 0.1) is 6.61 Å². The van der Waals surface area contributed by atoms with Gasteiger partial charge in [0.1, 0.15) is 11.5 Å². The van der Waals surface area contributed by atoms with E-state index in [0.29, 0.717) is 0 Å². The van der Waals surface area contributed by atoms with Crippen LogP contribution in [0.4, 0.5) is 8.78 Å². The van der Waals surface area contributed by atoms with E-state index in [0.717, 1.165) is 12.1 Å². The first kappa shape index (κ1) is 13.8. The number of sulfonamides is 1. The zero-order valence-electron chi connectivity index (χ0n) is 8.94. The Morgan fingerprint density at radius 2 is 1.88 bits per heavy atom. The molecule has 1 aromatic carbocycles. The van der Waals surface area contributed by atoms with Gasteiger partial charge in [0.25, 0.3) is 0 Å². The molecule has 0 aliphatic rings. The third-order valence-corrected chi connectivity index (χ3v) is 2.79. The highest BCUT2D eigenvalue weighted by atomic mass is 32.2. The smallest absolute Gasteiger partial charge is 0.241 e. The van der Waals surface area contributed by atoms with Crippen LogP contribution in [0.2, 0.25) is 0 Å². The second-order valence-corrected chi connectivity index (χ2v) is 4.61. The standard InChI is InChI=1S/C9H11F2NO4S/c1-15-4-5-16-6-2-3-7(17(12,13)14)9(11)8(6)10/h2-3H,4-5H2,1H3,(H2,12,13,14). The van der Waals surface area contributed by atoms with E-state index in [1.165, 1.54) is 7.11 Å². The van der Waals surface area contributed by atoms with E-state index in [9.17, 15) is 17.2 Å². The molecule has 17 heavy (non-hydrogen) atoms. The first-order valence-corrected chi connectivity index (χ1v) is 6.05. The number of hydrogen-bond donors (Lipinski definition) is 1. The van der Waals surface area contributed by atoms with Gasteiger partial charge in [-0.15, -0.1) is 0 Å². The van der Waals surface area contributed by atoms with Crippen molar-refractivity contribution in [3.05, 3.63) is 23.8 Å². The molecule has 96 valence electrons. The highest BCUT2D eigenvalue weighted by molar-refractivity contribution is 7.89. The molecule has 1 aromatic rings. The third-order valence-electron chi connectivity index (χ3n) is 1.86. The number of primary sulfonamides is 1. The second-order valence-electron chi connectivity index (χ2n) is 3.08. The largest absolute Gasteiger partial charge is 0.488 e. The molecule has 0 radical (unpaired) electrons. The van der Waals surface area contributed by atoms with Gasteiger partial charge in [-0.05, 0) is 12.1 Å². The van der Waals surface area contributed by atoms with E-state index in [1.54, 1.807) is 0 Å². The van der Waals surface area contributed by atoms with E-state index in [4.69, 9.17) is 9.88 Å². The van der Waals surface area contributed by atoms with E-state index in [2.05, 4.69) is 4.74 Å². The summed E-state index contributed by atoms with van der Waals surface area (Å²) in [5.41, 5.74) is 0. The average molecular weight is 267 g/mol. The van der Waals surface area contributed by atoms with Crippen LogP contribution in [0.1, 0.15) is 0 Å². The van der Waals surface area contributed by atoms with Gasteiger partial charge >= 0.3 is 0 Å². The summed E-state index contributed by atoms with van der Waals surface area (Å²) in [6.45, 7) is 0.208. The first-order valence-electron chi connectivity index (χ1n) is 4.50. The molecule has 0 spiro atoms. The highest BCUT2D eigenvalue weighted by Crippen LogP contribution is 2.24. The number of methoxy groups -OCH3 is 1. The average Bonchev–Trinajstić information content (AvgIpc) is 2.23. The van der Waals surface area contributed by atoms with Gasteiger partial charge in [0.2, 0.25) is 15.8 Å². The lowest BCUT2D eigenvalue weighted by molar-refractivity contribution is 0.143. The Morgan fingerprint density at radius 3 is 2.41 bits per heavy atom. The molecule has 0 unspecified atom stereocenters. The highest BCUT2D eigenvalue weighted by Gasteiger charge is 2.21. The molecule has 0 heterocycles. The van der Waals surface area contributed by atoms with Crippen molar-refractivity contribution in [3.8, 4) is 5.75 Å². The maximum atomic E-state index is 13.4. The lowest BCUT2D eigenvalue weighted by Gasteiger charge is -2.08. The molecular weight excluding hydrogens is 256 g/mol. The number of hydrogen-bond acceptors (Lipinski definition) is 4. The summed E-state index contributed by atoms with van der Waals surface area (Å²) in [6, 6.07) is 1.84. The molecule has 1 rings (SSSR count). The van der Waals surface area contributed by atoms with Crippen LogP contribution in [-0.4, -0.2) is 28.7 Å². The molecule has 0 atom stereocenters. The van der Waals surface area contributed by atoms with Gasteiger partial charge in [0, 0.05) is 7.11 Å². The Morgan fingerprint density at radius 1 is 1.24 bits per heavy atom. The summed E-state index contributed by atoms with van der Waals surface area (Å²) >= 11 is 0. The molecule has 0 saturated carbocycles. The fourth-order valence-corrected chi connectivity index (χ4v) is 1.68. The minimum absolute atomic E-state index is 0.0155. The van der Waals surface area contributed by atoms with E-state index < -0.39 is 32.3 Å². The minimum Gasteiger partial charge on any atom is -0.488 e. The Bertz CT molecular complexity index is 504. The number of halogens is 2. The third kappa shape index (κ3) is 3.35. The number of rotatable bonds is 5. The number of ether oxygens (including phenoxy) is 2. The molecule has 0 amide bonds. The van der Waals surface area contributed by atoms with Crippen molar-refractivity contribution in [2.24, 2.45) is 5.14 Å². The summed E-state index contributed by atoms with van der Waals surface area (Å²) < 4.78 is 58.0. The summed E-state index contributed by atoms with van der Waals surface area (Å²) in [5, 5.41) is 4.70. The lowest BCUT2D eigenvalue weighted by atomic mass is 10.3. The van der Waals surface area contributed by atoms with Crippen LogP contribution in [0.3, 0.4) is 0 Å². The van der Waals surface area contributed by atoms with Crippen molar-refractivity contribution >= 4 is 10.0 Å². The Labute approximate surface area is 97.2 Å². The van der Waals surface area contributed by atoms with Gasteiger partial charge < -0.3 is 9.47 Å². The van der Waals surface area contributed by atoms with Crippen molar-refractivity contribution < 1.29 is 26.7 Å². The van der Waals surface area contributed by atoms with E-state index in [-0.39, 0.29) is 13.2 Å². The second kappa shape index (κ2) is 5.39. The zero-order valence-corrected chi connectivity index (χ0v) is 9.76. The molecular formula is C9H11F2NO4S. The normalized spacial score (nSPS) is 11.5. The molecule has 8 heteroatoms. The monoisotopic (exact) mass is 267 g/mol. The molecule has 0 aliphatic heterocycles. The summed E-state index contributed by atoms with van der Waals surface area (Å²) in [4.78, 5) is -0.908. The molecule has 2 N–H and O–H groups in total. The Kier molecular flexibility index (Phi) is 4.38. The van der Waals surface area contributed by atoms with Gasteiger partial charge in [-0.2, -0.15) is 4.39 Å². The zero-order chi connectivity index (χ0) is 13.1. The van der Waals surface area contributed by atoms with Crippen molar-refractivity contribution in [2.45, 2.75) is 4.90 Å².